The van der Waals surface area contributed by atoms with E-state index in [0.29, 0.717) is 5.92 Å². The summed E-state index contributed by atoms with van der Waals surface area (Å²) in [4.78, 5) is 14.0. The Balaban J connectivity index is 3.87. The van der Waals surface area contributed by atoms with E-state index in [-0.39, 0.29) is 11.8 Å². The van der Waals surface area contributed by atoms with Crippen LogP contribution >= 0.6 is 0 Å². The number of hydrogen-bond donors (Lipinski definition) is 0. The molecule has 0 saturated carbocycles. The van der Waals surface area contributed by atoms with Crippen molar-refractivity contribution in [1.82, 2.24) is 0 Å². The van der Waals surface area contributed by atoms with Crippen LogP contribution in [0.25, 0.3) is 0 Å². The van der Waals surface area contributed by atoms with Gasteiger partial charge in [0, 0.05) is 5.92 Å². The highest BCUT2D eigenvalue weighted by atomic mass is 16.1. The third kappa shape index (κ3) is 2.40. The van der Waals surface area contributed by atoms with Crippen LogP contribution in [0, 0.1) is 11.8 Å². The summed E-state index contributed by atoms with van der Waals surface area (Å²) < 4.78 is 0. The van der Waals surface area contributed by atoms with Gasteiger partial charge >= 0.3 is 0 Å². The van der Waals surface area contributed by atoms with Crippen molar-refractivity contribution >= 4 is 12.6 Å². The van der Waals surface area contributed by atoms with E-state index in [0.717, 1.165) is 0 Å². The van der Waals surface area contributed by atoms with Crippen molar-refractivity contribution < 1.29 is 4.79 Å². The molecule has 0 radical (unpaired) electrons. The maximum atomic E-state index is 10.7. The summed E-state index contributed by atoms with van der Waals surface area (Å²) in [6, 6.07) is 0. The number of carbonyl (C=O) groups excluding carboxylic acids is 1. The standard InChI is InChI=1S/C7H13NO/c1-5(2)6(3)7(9)8-4/h5-6H,4H2,1-3H3. The molecule has 0 aliphatic carbocycles. The number of aliphatic imine (C=N–C) groups is 1. The third-order valence-electron chi connectivity index (χ3n) is 1.55. The molecule has 0 bridgehead atoms. The zero-order valence-corrected chi connectivity index (χ0v) is 6.22. The number of rotatable bonds is 2. The van der Waals surface area contributed by atoms with Crippen molar-refractivity contribution in [2.75, 3.05) is 0 Å². The molecule has 0 rings (SSSR count). The molecule has 0 N–H and O–H groups in total. The minimum Gasteiger partial charge on any atom is -0.272 e. The molecular formula is C7H13NO. The van der Waals surface area contributed by atoms with Crippen molar-refractivity contribution in [1.29, 1.82) is 0 Å². The lowest BCUT2D eigenvalue weighted by molar-refractivity contribution is -0.122. The van der Waals surface area contributed by atoms with Crippen molar-refractivity contribution in [3.05, 3.63) is 0 Å². The number of carbonyl (C=O) groups is 1. The Labute approximate surface area is 56.0 Å². The van der Waals surface area contributed by atoms with Crippen LogP contribution in [0.1, 0.15) is 20.8 Å². The molecule has 1 atom stereocenters. The van der Waals surface area contributed by atoms with Crippen molar-refractivity contribution in [3.63, 3.8) is 0 Å². The average Bonchev–Trinajstić information content (AvgIpc) is 1.84. The maximum Gasteiger partial charge on any atom is 0.248 e. The Kier molecular flexibility index (Phi) is 3.13. The van der Waals surface area contributed by atoms with Gasteiger partial charge in [0.05, 0.1) is 0 Å². The lowest BCUT2D eigenvalue weighted by Crippen LogP contribution is -2.13. The van der Waals surface area contributed by atoms with E-state index in [2.05, 4.69) is 11.7 Å². The molecule has 0 aliphatic rings. The molecule has 2 nitrogen and oxygen atoms in total. The first kappa shape index (κ1) is 8.34. The molecule has 0 saturated heterocycles. The van der Waals surface area contributed by atoms with Crippen molar-refractivity contribution in [2.45, 2.75) is 20.8 Å². The Morgan fingerprint density at radius 3 is 2.00 bits per heavy atom. The van der Waals surface area contributed by atoms with Crippen LogP contribution in [-0.4, -0.2) is 12.6 Å². The van der Waals surface area contributed by atoms with Gasteiger partial charge in [0.2, 0.25) is 5.91 Å². The SMILES string of the molecule is C=NC(=O)C(C)C(C)C. The second-order valence-electron chi connectivity index (χ2n) is 2.53. The van der Waals surface area contributed by atoms with Crippen LogP contribution in [0.2, 0.25) is 0 Å². The van der Waals surface area contributed by atoms with Gasteiger partial charge in [-0.15, -0.1) is 0 Å². The van der Waals surface area contributed by atoms with Gasteiger partial charge in [0.1, 0.15) is 0 Å². The van der Waals surface area contributed by atoms with Crippen LogP contribution in [0.15, 0.2) is 4.99 Å². The quantitative estimate of drug-likeness (QED) is 0.517. The van der Waals surface area contributed by atoms with Gasteiger partial charge in [-0.05, 0) is 12.6 Å². The molecule has 0 aliphatic heterocycles. The predicted octanol–water partition coefficient (Wildman–Crippen LogP) is 1.51. The fourth-order valence-electron chi connectivity index (χ4n) is 0.429. The van der Waals surface area contributed by atoms with E-state index in [1.54, 1.807) is 0 Å². The topological polar surface area (TPSA) is 29.4 Å². The van der Waals surface area contributed by atoms with Crippen LogP contribution in [0.5, 0.6) is 0 Å². The normalized spacial score (nSPS) is 13.3. The zero-order chi connectivity index (χ0) is 7.44. The van der Waals surface area contributed by atoms with E-state index in [1.807, 2.05) is 20.8 Å². The Hall–Kier alpha value is -0.660. The second-order valence-corrected chi connectivity index (χ2v) is 2.53. The molecule has 0 aromatic rings. The molecule has 9 heavy (non-hydrogen) atoms. The van der Waals surface area contributed by atoms with E-state index in [1.165, 1.54) is 0 Å². The molecule has 0 fully saturated rings. The van der Waals surface area contributed by atoms with Crippen molar-refractivity contribution in [3.8, 4) is 0 Å². The van der Waals surface area contributed by atoms with Gasteiger partial charge in [0.25, 0.3) is 0 Å². The summed E-state index contributed by atoms with van der Waals surface area (Å²) in [5.41, 5.74) is 0. The van der Waals surface area contributed by atoms with Crippen LogP contribution in [0.3, 0.4) is 0 Å². The van der Waals surface area contributed by atoms with E-state index in [9.17, 15) is 4.79 Å². The monoisotopic (exact) mass is 127 g/mol. The summed E-state index contributed by atoms with van der Waals surface area (Å²) in [5.74, 6) is 0.274. The van der Waals surface area contributed by atoms with Crippen LogP contribution in [-0.2, 0) is 4.79 Å². The van der Waals surface area contributed by atoms with Gasteiger partial charge in [-0.3, -0.25) is 4.79 Å². The summed E-state index contributed by atoms with van der Waals surface area (Å²) in [5, 5.41) is 0. The molecule has 1 unspecified atom stereocenters. The molecule has 52 valence electrons. The number of amides is 1. The fraction of sp³-hybridized carbons (Fsp3) is 0.714. The van der Waals surface area contributed by atoms with E-state index >= 15 is 0 Å². The van der Waals surface area contributed by atoms with Gasteiger partial charge in [-0.2, -0.15) is 0 Å². The van der Waals surface area contributed by atoms with Gasteiger partial charge < -0.3 is 0 Å². The maximum absolute atomic E-state index is 10.7. The smallest absolute Gasteiger partial charge is 0.248 e. The van der Waals surface area contributed by atoms with Crippen molar-refractivity contribution in [2.24, 2.45) is 16.8 Å². The first-order valence-corrected chi connectivity index (χ1v) is 3.10. The fourth-order valence-corrected chi connectivity index (χ4v) is 0.429. The molecular weight excluding hydrogens is 114 g/mol. The molecule has 0 aromatic heterocycles. The number of nitrogens with zero attached hydrogens (tertiary/aromatic N) is 1. The summed E-state index contributed by atoms with van der Waals surface area (Å²) in [6.45, 7) is 9.01. The molecule has 2 heteroatoms. The van der Waals surface area contributed by atoms with Gasteiger partial charge in [0.15, 0.2) is 0 Å². The minimum atomic E-state index is -0.106. The van der Waals surface area contributed by atoms with Gasteiger partial charge in [-0.25, -0.2) is 4.99 Å². The summed E-state index contributed by atoms with van der Waals surface area (Å²) >= 11 is 0. The third-order valence-corrected chi connectivity index (χ3v) is 1.55. The molecule has 0 heterocycles. The largest absolute Gasteiger partial charge is 0.272 e. The molecule has 1 amide bonds. The van der Waals surface area contributed by atoms with Gasteiger partial charge in [-0.1, -0.05) is 20.8 Å². The minimum absolute atomic E-state index is 0.0162. The lowest BCUT2D eigenvalue weighted by Gasteiger charge is -2.09. The highest BCUT2D eigenvalue weighted by Crippen LogP contribution is 2.10. The Morgan fingerprint density at radius 1 is 1.44 bits per heavy atom. The predicted molar refractivity (Wildman–Crippen MR) is 38.6 cm³/mol. The summed E-state index contributed by atoms with van der Waals surface area (Å²) in [7, 11) is 0. The highest BCUT2D eigenvalue weighted by molar-refractivity contribution is 5.82. The summed E-state index contributed by atoms with van der Waals surface area (Å²) in [6.07, 6.45) is 0. The van der Waals surface area contributed by atoms with Crippen LogP contribution in [0.4, 0.5) is 0 Å². The lowest BCUT2D eigenvalue weighted by atomic mass is 9.98. The zero-order valence-electron chi connectivity index (χ0n) is 6.22. The molecule has 0 aromatic carbocycles. The Bertz CT molecular complexity index is 118. The Morgan fingerprint density at radius 2 is 1.89 bits per heavy atom. The van der Waals surface area contributed by atoms with E-state index in [4.69, 9.17) is 0 Å². The number of hydrogen-bond acceptors (Lipinski definition) is 1. The first-order valence-electron chi connectivity index (χ1n) is 3.10. The van der Waals surface area contributed by atoms with E-state index < -0.39 is 0 Å². The highest BCUT2D eigenvalue weighted by Gasteiger charge is 2.13. The second kappa shape index (κ2) is 3.38. The van der Waals surface area contributed by atoms with Crippen LogP contribution < -0.4 is 0 Å². The first-order chi connectivity index (χ1) is 4.09. The average molecular weight is 127 g/mol. The molecule has 0 spiro atoms.